The van der Waals surface area contributed by atoms with Crippen molar-refractivity contribution >= 4 is 33.3 Å². The van der Waals surface area contributed by atoms with Crippen LogP contribution in [0.3, 0.4) is 0 Å². The molecule has 224 valence electrons. The number of aryl methyl sites for hydroxylation is 1. The van der Waals surface area contributed by atoms with E-state index in [2.05, 4.69) is 10.6 Å². The minimum absolute atomic E-state index is 0.0531. The quantitative estimate of drug-likeness (QED) is 0.354. The zero-order valence-electron chi connectivity index (χ0n) is 23.9. The largest absolute Gasteiger partial charge is 0.486 e. The van der Waals surface area contributed by atoms with Gasteiger partial charge in [0, 0.05) is 25.2 Å². The van der Waals surface area contributed by atoms with E-state index in [1.54, 1.807) is 49.4 Å². The molecule has 10 nitrogen and oxygen atoms in total. The number of carbonyl (C=O) groups is 2. The lowest BCUT2D eigenvalue weighted by Gasteiger charge is -2.38. The monoisotopic (exact) mass is 598 g/mol. The van der Waals surface area contributed by atoms with Crippen molar-refractivity contribution in [1.29, 1.82) is 0 Å². The minimum Gasteiger partial charge on any atom is -0.486 e. The highest BCUT2D eigenvalue weighted by Crippen LogP contribution is 2.35. The van der Waals surface area contributed by atoms with E-state index in [1.165, 1.54) is 40.5 Å². The Morgan fingerprint density at radius 1 is 1.12 bits per heavy atom. The van der Waals surface area contributed by atoms with Crippen LogP contribution in [0.5, 0.6) is 5.75 Å². The average molecular weight is 599 g/mol. The first-order chi connectivity index (χ1) is 19.9. The molecule has 0 saturated carbocycles. The van der Waals surface area contributed by atoms with Crippen LogP contribution in [0.4, 0.5) is 20.6 Å². The number of ether oxygens (including phenoxy) is 1. The van der Waals surface area contributed by atoms with Crippen LogP contribution in [0.15, 0.2) is 71.6 Å². The van der Waals surface area contributed by atoms with E-state index >= 15 is 0 Å². The fourth-order valence-electron chi connectivity index (χ4n) is 4.62. The Hall–Kier alpha value is -4.00. The summed E-state index contributed by atoms with van der Waals surface area (Å²) in [5, 5.41) is 15.2. The van der Waals surface area contributed by atoms with Crippen LogP contribution >= 0.6 is 0 Å². The Kier molecular flexibility index (Phi) is 9.50. The van der Waals surface area contributed by atoms with Crippen molar-refractivity contribution < 1.29 is 32.2 Å². The maximum absolute atomic E-state index is 13.7. The predicted octanol–water partition coefficient (Wildman–Crippen LogP) is 4.32. The molecular weight excluding hydrogens is 563 g/mol. The van der Waals surface area contributed by atoms with E-state index in [1.807, 2.05) is 13.8 Å². The third-order valence-electron chi connectivity index (χ3n) is 7.21. The SMILES string of the molecule is Cc1ccc(S(=O)(=O)N(C)C[C@@H]2Oc3c(NC(=O)Nc4ccc(F)cc4)cccc3C(=O)N([C@H](C)CO)C[C@H]2C)cc1. The number of carbonyl (C=O) groups excluding carboxylic acids is 2. The lowest BCUT2D eigenvalue weighted by atomic mass is 9.99. The molecule has 3 aromatic carbocycles. The zero-order chi connectivity index (χ0) is 30.6. The molecule has 3 aromatic rings. The number of hydrogen-bond acceptors (Lipinski definition) is 6. The first kappa shape index (κ1) is 30.9. The fraction of sp³-hybridized carbons (Fsp3) is 0.333. The standard InChI is InChI=1S/C30H35FN4O6S/c1-19-8-14-24(15-9-19)42(39,40)34(4)17-27-20(2)16-35(21(3)18-36)29(37)25-6-5-7-26(28(25)41-27)33-30(38)32-23-12-10-22(31)11-13-23/h5-15,20-21,27,36H,16-18H2,1-4H3,(H2,32,33,38)/t20-,21-,27+/m1/s1. The summed E-state index contributed by atoms with van der Waals surface area (Å²) in [5.41, 5.74) is 1.61. The summed E-state index contributed by atoms with van der Waals surface area (Å²) >= 11 is 0. The van der Waals surface area contributed by atoms with Crippen LogP contribution in [-0.2, 0) is 10.0 Å². The van der Waals surface area contributed by atoms with Gasteiger partial charge in [-0.2, -0.15) is 4.31 Å². The number of likely N-dealkylation sites (N-methyl/N-ethyl adjacent to an activating group) is 1. The molecule has 1 aliphatic heterocycles. The van der Waals surface area contributed by atoms with Crippen LogP contribution in [0.25, 0.3) is 0 Å². The number of benzene rings is 3. The molecule has 3 atom stereocenters. The molecule has 0 aromatic heterocycles. The van der Waals surface area contributed by atoms with Gasteiger partial charge in [0.05, 0.1) is 35.3 Å². The van der Waals surface area contributed by atoms with E-state index in [4.69, 9.17) is 4.74 Å². The van der Waals surface area contributed by atoms with E-state index in [0.717, 1.165) is 5.56 Å². The molecule has 1 heterocycles. The highest BCUT2D eigenvalue weighted by Gasteiger charge is 2.36. The number of fused-ring (bicyclic) bond motifs is 1. The third kappa shape index (κ3) is 6.89. The van der Waals surface area contributed by atoms with Crippen molar-refractivity contribution in [1.82, 2.24) is 9.21 Å². The van der Waals surface area contributed by atoms with Crippen LogP contribution < -0.4 is 15.4 Å². The van der Waals surface area contributed by atoms with Gasteiger partial charge >= 0.3 is 6.03 Å². The summed E-state index contributed by atoms with van der Waals surface area (Å²) in [7, 11) is -2.40. The lowest BCUT2D eigenvalue weighted by molar-refractivity contribution is 0.0389. The maximum atomic E-state index is 13.7. The number of rotatable bonds is 8. The van der Waals surface area contributed by atoms with Gasteiger partial charge in [-0.05, 0) is 62.4 Å². The van der Waals surface area contributed by atoms with Gasteiger partial charge in [0.1, 0.15) is 11.9 Å². The van der Waals surface area contributed by atoms with E-state index in [9.17, 15) is 27.5 Å². The summed E-state index contributed by atoms with van der Waals surface area (Å²) in [4.78, 5) is 28.2. The smallest absolute Gasteiger partial charge is 0.323 e. The predicted molar refractivity (Wildman–Crippen MR) is 158 cm³/mol. The van der Waals surface area contributed by atoms with E-state index < -0.39 is 39.9 Å². The first-order valence-corrected chi connectivity index (χ1v) is 14.9. The van der Waals surface area contributed by atoms with Crippen LogP contribution in [0, 0.1) is 18.7 Å². The summed E-state index contributed by atoms with van der Waals surface area (Å²) in [6.45, 7) is 5.29. The fourth-order valence-corrected chi connectivity index (χ4v) is 5.80. The van der Waals surface area contributed by atoms with Gasteiger partial charge in [0.25, 0.3) is 5.91 Å². The number of sulfonamides is 1. The number of urea groups is 1. The lowest BCUT2D eigenvalue weighted by Crippen LogP contribution is -2.50. The van der Waals surface area contributed by atoms with Gasteiger partial charge in [-0.3, -0.25) is 4.79 Å². The molecule has 0 unspecified atom stereocenters. The van der Waals surface area contributed by atoms with Gasteiger partial charge < -0.3 is 25.4 Å². The summed E-state index contributed by atoms with van der Waals surface area (Å²) < 4.78 is 47.7. The number of nitrogens with zero attached hydrogens (tertiary/aromatic N) is 2. The number of nitrogens with one attached hydrogen (secondary N) is 2. The summed E-state index contributed by atoms with van der Waals surface area (Å²) in [5.74, 6) is -1.15. The van der Waals surface area contributed by atoms with Crippen molar-refractivity contribution in [2.24, 2.45) is 5.92 Å². The maximum Gasteiger partial charge on any atom is 0.323 e. The topological polar surface area (TPSA) is 128 Å². The van der Waals surface area contributed by atoms with Crippen molar-refractivity contribution in [3.8, 4) is 5.75 Å². The molecule has 42 heavy (non-hydrogen) atoms. The zero-order valence-corrected chi connectivity index (χ0v) is 24.7. The van der Waals surface area contributed by atoms with Crippen LogP contribution in [0.2, 0.25) is 0 Å². The number of aliphatic hydroxyl groups excluding tert-OH is 1. The van der Waals surface area contributed by atoms with Gasteiger partial charge in [-0.15, -0.1) is 0 Å². The van der Waals surface area contributed by atoms with Gasteiger partial charge in [-0.25, -0.2) is 17.6 Å². The minimum atomic E-state index is -3.86. The number of para-hydroxylation sites is 1. The first-order valence-electron chi connectivity index (χ1n) is 13.5. The third-order valence-corrected chi connectivity index (χ3v) is 9.05. The molecule has 0 saturated heterocycles. The number of halogens is 1. The Labute approximate surface area is 245 Å². The van der Waals surface area contributed by atoms with Crippen molar-refractivity contribution in [3.05, 3.63) is 83.7 Å². The van der Waals surface area contributed by atoms with Crippen LogP contribution in [-0.4, -0.2) is 73.6 Å². The molecule has 0 bridgehead atoms. The second kappa shape index (κ2) is 12.9. The molecule has 0 fully saturated rings. The van der Waals surface area contributed by atoms with Gasteiger partial charge in [0.2, 0.25) is 10.0 Å². The Morgan fingerprint density at radius 2 is 1.79 bits per heavy atom. The summed E-state index contributed by atoms with van der Waals surface area (Å²) in [6, 6.07) is 15.3. The normalized spacial score (nSPS) is 18.0. The van der Waals surface area contributed by atoms with E-state index in [-0.39, 0.29) is 47.5 Å². The van der Waals surface area contributed by atoms with Crippen molar-refractivity contribution in [2.45, 2.75) is 37.8 Å². The van der Waals surface area contributed by atoms with Gasteiger partial charge in [-0.1, -0.05) is 30.7 Å². The Morgan fingerprint density at radius 3 is 2.43 bits per heavy atom. The second-order valence-electron chi connectivity index (χ2n) is 10.5. The Balaban J connectivity index is 1.68. The highest BCUT2D eigenvalue weighted by atomic mass is 32.2. The average Bonchev–Trinajstić information content (AvgIpc) is 2.96. The van der Waals surface area contributed by atoms with E-state index in [0.29, 0.717) is 5.69 Å². The molecule has 0 radical (unpaired) electrons. The molecule has 0 aliphatic carbocycles. The molecule has 4 rings (SSSR count). The van der Waals surface area contributed by atoms with Crippen molar-refractivity contribution in [3.63, 3.8) is 0 Å². The Bertz CT molecular complexity index is 1530. The summed E-state index contributed by atoms with van der Waals surface area (Å²) in [6.07, 6.45) is -0.737. The number of anilines is 2. The molecule has 3 amide bonds. The number of amides is 3. The molecule has 12 heteroatoms. The highest BCUT2D eigenvalue weighted by molar-refractivity contribution is 7.89. The number of aliphatic hydroxyl groups is 1. The van der Waals surface area contributed by atoms with Crippen LogP contribution in [0.1, 0.15) is 29.8 Å². The van der Waals surface area contributed by atoms with Crippen molar-refractivity contribution in [2.75, 3.05) is 37.4 Å². The molecule has 3 N–H and O–H groups in total. The molecular formula is C30H35FN4O6S. The molecule has 0 spiro atoms. The van der Waals surface area contributed by atoms with Gasteiger partial charge in [0.15, 0.2) is 5.75 Å². The number of hydrogen-bond donors (Lipinski definition) is 3. The second-order valence-corrected chi connectivity index (χ2v) is 12.5. The molecule has 1 aliphatic rings.